The summed E-state index contributed by atoms with van der Waals surface area (Å²) >= 11 is 0. The van der Waals surface area contributed by atoms with Crippen LogP contribution in [0, 0.1) is 0 Å². The smallest absolute Gasteiger partial charge is 0.278 e. The third-order valence-corrected chi connectivity index (χ3v) is 5.82. The second kappa shape index (κ2) is 15.6. The molecule has 16 N–H and O–H groups in total. The number of phosphoric acid groups is 3. The monoisotopic (exact) mass is 462 g/mol. The molecule has 0 amide bonds. The maximum Gasteiger partial charge on any atom is 0.278 e. The first kappa shape index (κ1) is 37.5. The van der Waals surface area contributed by atoms with E-state index < -0.39 is 30.1 Å². The number of quaternary nitrogens is 4. The molecule has 0 aliphatic carbocycles. The van der Waals surface area contributed by atoms with Gasteiger partial charge in [-0.3, -0.25) is 13.4 Å². The van der Waals surface area contributed by atoms with Crippen molar-refractivity contribution in [3.05, 3.63) is 23.3 Å². The zero-order valence-electron chi connectivity index (χ0n) is 16.7. The van der Waals surface area contributed by atoms with Crippen molar-refractivity contribution >= 4 is 23.5 Å². The molecule has 0 saturated carbocycles. The maximum absolute atomic E-state index is 11.2. The Balaban J connectivity index is -0.000000403. The summed E-state index contributed by atoms with van der Waals surface area (Å²) in [5.41, 5.74) is 1.92. The predicted molar refractivity (Wildman–Crippen MR) is 97.3 cm³/mol. The number of phosphoric ester groups is 1. The Morgan fingerprint density at radius 3 is 1.70 bits per heavy atom. The largest absolute Gasteiger partial charge is 0.790 e. The highest BCUT2D eigenvalue weighted by molar-refractivity contribution is 7.64. The highest BCUT2D eigenvalue weighted by Gasteiger charge is 2.21. The van der Waals surface area contributed by atoms with Gasteiger partial charge in [0.05, 0.1) is 14.4 Å². The first-order valence-electron chi connectivity index (χ1n) is 6.23. The fourth-order valence-electron chi connectivity index (χ4n) is 1.24. The van der Waals surface area contributed by atoms with E-state index in [2.05, 4.69) is 13.1 Å². The average Bonchev–Trinajstić information content (AvgIpc) is 2.22. The van der Waals surface area contributed by atoms with Gasteiger partial charge in [0.1, 0.15) is 0 Å². The zero-order chi connectivity index (χ0) is 18.3. The van der Waals surface area contributed by atoms with Crippen LogP contribution in [0.1, 0.15) is 33.6 Å². The van der Waals surface area contributed by atoms with Crippen molar-refractivity contribution in [3.8, 4) is 0 Å². The lowest BCUT2D eigenvalue weighted by molar-refractivity contribution is -0.339. The number of rotatable bonds is 10. The lowest BCUT2D eigenvalue weighted by atomic mass is 10.1. The molecule has 2 atom stereocenters. The van der Waals surface area contributed by atoms with Crippen LogP contribution in [0.25, 0.3) is 0 Å². The second-order valence-electron chi connectivity index (χ2n) is 4.67. The molecule has 0 heterocycles. The Morgan fingerprint density at radius 2 is 1.30 bits per heavy atom. The van der Waals surface area contributed by atoms with Crippen molar-refractivity contribution in [1.82, 2.24) is 24.6 Å². The fourth-order valence-corrected chi connectivity index (χ4v) is 4.04. The average molecular weight is 462 g/mol. The minimum absolute atomic E-state index is 0. The zero-order valence-corrected chi connectivity index (χ0v) is 19.4. The summed E-state index contributed by atoms with van der Waals surface area (Å²) < 4.78 is 42.9. The van der Waals surface area contributed by atoms with Gasteiger partial charge in [0.2, 0.25) is 0 Å². The number of hydrogen-bond acceptors (Lipinski definition) is 10. The summed E-state index contributed by atoms with van der Waals surface area (Å²) in [6, 6.07) is 0. The van der Waals surface area contributed by atoms with Crippen molar-refractivity contribution in [2.75, 3.05) is 6.61 Å². The summed E-state index contributed by atoms with van der Waals surface area (Å²) in [7, 11) is -17.3. The molecule has 0 aromatic heterocycles. The molecule has 0 aromatic carbocycles. The van der Waals surface area contributed by atoms with E-state index in [9.17, 15) is 33.3 Å². The van der Waals surface area contributed by atoms with Crippen LogP contribution in [0.3, 0.4) is 0 Å². The minimum Gasteiger partial charge on any atom is -0.790 e. The molecule has 14 nitrogen and oxygen atoms in total. The Labute approximate surface area is 158 Å². The van der Waals surface area contributed by atoms with Gasteiger partial charge in [0.15, 0.2) is 0 Å². The van der Waals surface area contributed by atoms with Gasteiger partial charge in [-0.1, -0.05) is 23.3 Å². The molecule has 0 aromatic rings. The van der Waals surface area contributed by atoms with Crippen molar-refractivity contribution in [2.45, 2.75) is 33.6 Å². The highest BCUT2D eigenvalue weighted by atomic mass is 31.3. The molecule has 0 rings (SSSR count). The van der Waals surface area contributed by atoms with E-state index in [4.69, 9.17) is 0 Å². The highest BCUT2D eigenvalue weighted by Crippen LogP contribution is 2.60. The van der Waals surface area contributed by atoms with Crippen LogP contribution in [0.15, 0.2) is 23.3 Å². The Hall–Kier alpha value is -0.270. The summed E-state index contributed by atoms with van der Waals surface area (Å²) in [4.78, 5) is 42.4. The molecule has 0 radical (unpaired) electrons. The lowest BCUT2D eigenvalue weighted by Crippen LogP contribution is -2.20. The van der Waals surface area contributed by atoms with Gasteiger partial charge in [-0.2, -0.15) is 0 Å². The number of allylic oxidation sites excluding steroid dienone is 3. The topological polar surface area (TPSA) is 317 Å². The van der Waals surface area contributed by atoms with Gasteiger partial charge >= 0.3 is 0 Å². The van der Waals surface area contributed by atoms with Gasteiger partial charge in [0.25, 0.3) is 15.6 Å². The van der Waals surface area contributed by atoms with E-state index in [1.54, 1.807) is 6.92 Å². The van der Waals surface area contributed by atoms with Crippen LogP contribution in [-0.4, -0.2) is 6.61 Å². The van der Waals surface area contributed by atoms with E-state index in [1.165, 1.54) is 6.08 Å². The third kappa shape index (κ3) is 23.7. The first-order chi connectivity index (χ1) is 10.2. The quantitative estimate of drug-likeness (QED) is 0.270. The van der Waals surface area contributed by atoms with Crippen molar-refractivity contribution in [3.63, 3.8) is 0 Å². The van der Waals surface area contributed by atoms with E-state index in [0.717, 1.165) is 17.6 Å². The molecule has 2 unspecified atom stereocenters. The normalized spacial score (nSPS) is 15.4. The van der Waals surface area contributed by atoms with E-state index in [0.29, 0.717) is 6.42 Å². The van der Waals surface area contributed by atoms with Crippen molar-refractivity contribution in [1.29, 1.82) is 0 Å². The maximum atomic E-state index is 11.2. The molecule has 17 heteroatoms. The summed E-state index contributed by atoms with van der Waals surface area (Å²) in [6.45, 7) is 5.05. The predicted octanol–water partition coefficient (Wildman–Crippen LogP) is 2.00. The fraction of sp³-hybridized carbons (Fsp3) is 0.600. The SMILES string of the molecule is CC(C)=CCC/C(C)=C/COP(=O)([O-])OP(=O)([O-])OP(=O)([O-])[O-].[NH4+].[NH4+].[NH4+].[NH4+]. The minimum atomic E-state index is -5.97. The van der Waals surface area contributed by atoms with Crippen LogP contribution >= 0.6 is 23.5 Å². The summed E-state index contributed by atoms with van der Waals surface area (Å²) in [6.07, 6.45) is 4.74. The molecule has 0 bridgehead atoms. The Morgan fingerprint density at radius 1 is 0.815 bits per heavy atom. The standard InChI is InChI=1S/C10H21O10P3.4H3N/c1-9(2)5-4-6-10(3)7-8-18-22(14,15)20-23(16,17)19-21(11,12)13;;;;/h5,7H,4,6,8H2,1-3H3,(H,14,15)(H,16,17)(H2,11,12,13);4*1H3/b10-7+;;;;. The van der Waals surface area contributed by atoms with E-state index in [-0.39, 0.29) is 24.6 Å². The summed E-state index contributed by atoms with van der Waals surface area (Å²) in [5.74, 6) is 0. The first-order valence-corrected chi connectivity index (χ1v) is 10.6. The lowest BCUT2D eigenvalue weighted by Gasteiger charge is -2.37. The molecule has 0 fully saturated rings. The second-order valence-corrected chi connectivity index (χ2v) is 8.92. The van der Waals surface area contributed by atoms with Crippen LogP contribution in [0.2, 0.25) is 0 Å². The number of hydrogen-bond donors (Lipinski definition) is 4. The van der Waals surface area contributed by atoms with Gasteiger partial charge in [0, 0.05) is 0 Å². The molecule has 0 aliphatic heterocycles. The molecule has 27 heavy (non-hydrogen) atoms. The van der Waals surface area contributed by atoms with Crippen LogP contribution in [0.5, 0.6) is 0 Å². The van der Waals surface area contributed by atoms with Gasteiger partial charge < -0.3 is 53.3 Å². The van der Waals surface area contributed by atoms with E-state index >= 15 is 0 Å². The van der Waals surface area contributed by atoms with Crippen LogP contribution in [-0.2, 0) is 26.8 Å². The molecule has 0 spiro atoms. The molecule has 0 aliphatic rings. The van der Waals surface area contributed by atoms with Gasteiger partial charge in [-0.05, 0) is 33.6 Å². The molecular weight excluding hydrogens is 429 g/mol. The van der Waals surface area contributed by atoms with Crippen LogP contribution in [0.4, 0.5) is 0 Å². The van der Waals surface area contributed by atoms with Crippen LogP contribution < -0.4 is 44.2 Å². The van der Waals surface area contributed by atoms with Crippen molar-refractivity contribution < 1.29 is 46.4 Å². The third-order valence-electron chi connectivity index (χ3n) is 2.16. The molecular formula is C10H33N4O10P3. The van der Waals surface area contributed by atoms with Gasteiger partial charge in [-0.15, -0.1) is 0 Å². The molecule has 168 valence electrons. The van der Waals surface area contributed by atoms with Gasteiger partial charge in [-0.25, -0.2) is 4.31 Å². The van der Waals surface area contributed by atoms with Crippen molar-refractivity contribution in [2.24, 2.45) is 0 Å². The Bertz CT molecular complexity index is 602. The Kier molecular flexibility index (Phi) is 21.7. The van der Waals surface area contributed by atoms with E-state index in [1.807, 2.05) is 19.9 Å². The summed E-state index contributed by atoms with van der Waals surface area (Å²) in [5, 5.41) is 0. The molecule has 0 saturated heterocycles.